The highest BCUT2D eigenvalue weighted by Crippen LogP contribution is 2.25. The van der Waals surface area contributed by atoms with Gasteiger partial charge in [0.05, 0.1) is 7.11 Å². The molecule has 0 spiro atoms. The maximum absolute atomic E-state index is 10.7. The van der Waals surface area contributed by atoms with E-state index in [1.54, 1.807) is 24.3 Å². The van der Waals surface area contributed by atoms with E-state index in [1.807, 2.05) is 5.92 Å². The number of para-hydroxylation sites is 2. The fourth-order valence-electron chi connectivity index (χ4n) is 0.832. The standard InChI is InChI=1S/C10H8O3/c1-3-10(11)13-9-7-5-4-6-8(9)12-2/h1,4-7H,2H3. The Morgan fingerprint density at radius 1 is 1.38 bits per heavy atom. The molecular formula is C10H8O3. The van der Waals surface area contributed by atoms with Crippen molar-refractivity contribution in [1.29, 1.82) is 0 Å². The molecule has 0 heterocycles. The lowest BCUT2D eigenvalue weighted by Crippen LogP contribution is -2.04. The van der Waals surface area contributed by atoms with Crippen molar-refractivity contribution in [2.24, 2.45) is 0 Å². The smallest absolute Gasteiger partial charge is 0.389 e. The zero-order chi connectivity index (χ0) is 9.68. The van der Waals surface area contributed by atoms with E-state index >= 15 is 0 Å². The van der Waals surface area contributed by atoms with Gasteiger partial charge in [0, 0.05) is 5.92 Å². The number of benzene rings is 1. The Balaban J connectivity index is 2.88. The van der Waals surface area contributed by atoms with Crippen molar-refractivity contribution < 1.29 is 14.3 Å². The van der Waals surface area contributed by atoms with Gasteiger partial charge in [-0.25, -0.2) is 4.79 Å². The Kier molecular flexibility index (Phi) is 2.93. The second kappa shape index (κ2) is 4.17. The zero-order valence-corrected chi connectivity index (χ0v) is 7.11. The first kappa shape index (κ1) is 9.14. The molecule has 0 aromatic heterocycles. The van der Waals surface area contributed by atoms with Gasteiger partial charge >= 0.3 is 5.97 Å². The predicted molar refractivity (Wildman–Crippen MR) is 47.5 cm³/mol. The molecule has 13 heavy (non-hydrogen) atoms. The average Bonchev–Trinajstić information content (AvgIpc) is 2.18. The number of esters is 1. The SMILES string of the molecule is C#CC(=O)Oc1ccccc1OC. The van der Waals surface area contributed by atoms with Crippen molar-refractivity contribution in [1.82, 2.24) is 0 Å². The van der Waals surface area contributed by atoms with Crippen molar-refractivity contribution in [3.05, 3.63) is 24.3 Å². The normalized spacial score (nSPS) is 8.62. The van der Waals surface area contributed by atoms with Gasteiger partial charge in [0.1, 0.15) is 0 Å². The average molecular weight is 176 g/mol. The summed E-state index contributed by atoms with van der Waals surface area (Å²) in [6.07, 6.45) is 4.85. The fourth-order valence-corrected chi connectivity index (χ4v) is 0.832. The van der Waals surface area contributed by atoms with E-state index in [2.05, 4.69) is 0 Å². The summed E-state index contributed by atoms with van der Waals surface area (Å²) in [6, 6.07) is 6.78. The van der Waals surface area contributed by atoms with Crippen LogP contribution in [0.5, 0.6) is 11.5 Å². The third kappa shape index (κ3) is 2.24. The third-order valence-corrected chi connectivity index (χ3v) is 1.39. The second-order valence-corrected chi connectivity index (χ2v) is 2.18. The Bertz CT molecular complexity index is 349. The van der Waals surface area contributed by atoms with E-state index in [4.69, 9.17) is 15.9 Å². The van der Waals surface area contributed by atoms with Gasteiger partial charge in [-0.2, -0.15) is 0 Å². The maximum atomic E-state index is 10.7. The molecule has 1 aromatic carbocycles. The van der Waals surface area contributed by atoms with Crippen molar-refractivity contribution in [2.45, 2.75) is 0 Å². The first-order valence-corrected chi connectivity index (χ1v) is 3.59. The number of methoxy groups -OCH3 is 1. The van der Waals surface area contributed by atoms with Crippen LogP contribution < -0.4 is 9.47 Å². The second-order valence-electron chi connectivity index (χ2n) is 2.18. The van der Waals surface area contributed by atoms with Crippen LogP contribution in [-0.2, 0) is 4.79 Å². The van der Waals surface area contributed by atoms with E-state index in [9.17, 15) is 4.79 Å². The van der Waals surface area contributed by atoms with E-state index < -0.39 is 5.97 Å². The van der Waals surface area contributed by atoms with Gasteiger partial charge < -0.3 is 9.47 Å². The monoisotopic (exact) mass is 176 g/mol. The maximum Gasteiger partial charge on any atom is 0.389 e. The van der Waals surface area contributed by atoms with Gasteiger partial charge in [-0.05, 0) is 12.1 Å². The van der Waals surface area contributed by atoms with Crippen LogP contribution in [0.2, 0.25) is 0 Å². The van der Waals surface area contributed by atoms with Gasteiger partial charge in [-0.3, -0.25) is 0 Å². The summed E-state index contributed by atoms with van der Waals surface area (Å²) in [5.41, 5.74) is 0. The minimum absolute atomic E-state index is 0.327. The van der Waals surface area contributed by atoms with E-state index in [0.717, 1.165) is 0 Å². The molecule has 1 aromatic rings. The number of carbonyl (C=O) groups is 1. The lowest BCUT2D eigenvalue weighted by atomic mass is 10.3. The van der Waals surface area contributed by atoms with Crippen LogP contribution >= 0.6 is 0 Å². The number of rotatable bonds is 2. The summed E-state index contributed by atoms with van der Waals surface area (Å²) in [5.74, 6) is 1.92. The minimum atomic E-state index is -0.732. The summed E-state index contributed by atoms with van der Waals surface area (Å²) in [4.78, 5) is 10.7. The highest BCUT2D eigenvalue weighted by Gasteiger charge is 2.05. The molecule has 0 aliphatic heterocycles. The molecule has 0 N–H and O–H groups in total. The summed E-state index contributed by atoms with van der Waals surface area (Å²) >= 11 is 0. The number of hydrogen-bond acceptors (Lipinski definition) is 3. The summed E-state index contributed by atoms with van der Waals surface area (Å²) in [5, 5.41) is 0. The Labute approximate surface area is 76.3 Å². The van der Waals surface area contributed by atoms with Crippen LogP contribution in [-0.4, -0.2) is 13.1 Å². The topological polar surface area (TPSA) is 35.5 Å². The zero-order valence-electron chi connectivity index (χ0n) is 7.11. The molecule has 0 unspecified atom stereocenters. The highest BCUT2D eigenvalue weighted by molar-refractivity contribution is 5.89. The van der Waals surface area contributed by atoms with Crippen LogP contribution in [0.4, 0.5) is 0 Å². The first-order valence-electron chi connectivity index (χ1n) is 3.59. The molecule has 0 atom stereocenters. The van der Waals surface area contributed by atoms with Gasteiger partial charge in [-0.15, -0.1) is 6.42 Å². The predicted octanol–water partition coefficient (Wildman–Crippen LogP) is 1.23. The molecule has 0 aliphatic carbocycles. The molecule has 0 amide bonds. The molecule has 0 saturated heterocycles. The third-order valence-electron chi connectivity index (χ3n) is 1.39. The highest BCUT2D eigenvalue weighted by atomic mass is 16.6. The lowest BCUT2D eigenvalue weighted by Gasteiger charge is -2.05. The van der Waals surface area contributed by atoms with Gasteiger partial charge in [0.2, 0.25) is 0 Å². The number of ether oxygens (including phenoxy) is 2. The quantitative estimate of drug-likeness (QED) is 0.294. The van der Waals surface area contributed by atoms with E-state index in [-0.39, 0.29) is 0 Å². The van der Waals surface area contributed by atoms with Crippen LogP contribution in [0.1, 0.15) is 0 Å². The minimum Gasteiger partial charge on any atom is -0.493 e. The summed E-state index contributed by atoms with van der Waals surface area (Å²) in [7, 11) is 1.49. The Morgan fingerprint density at radius 3 is 2.54 bits per heavy atom. The Hall–Kier alpha value is -1.95. The molecule has 3 heteroatoms. The molecule has 0 saturated carbocycles. The van der Waals surface area contributed by atoms with Gasteiger partial charge in [0.15, 0.2) is 11.5 Å². The van der Waals surface area contributed by atoms with Crippen LogP contribution in [0.25, 0.3) is 0 Å². The molecule has 1 rings (SSSR count). The Morgan fingerprint density at radius 2 is 2.00 bits per heavy atom. The number of terminal acetylenes is 1. The van der Waals surface area contributed by atoms with Gasteiger partial charge in [0.25, 0.3) is 0 Å². The summed E-state index contributed by atoms with van der Waals surface area (Å²) < 4.78 is 9.73. The van der Waals surface area contributed by atoms with Crippen LogP contribution in [0.15, 0.2) is 24.3 Å². The largest absolute Gasteiger partial charge is 0.493 e. The molecular weight excluding hydrogens is 168 g/mol. The lowest BCUT2D eigenvalue weighted by molar-refractivity contribution is -0.128. The molecule has 0 radical (unpaired) electrons. The van der Waals surface area contributed by atoms with E-state index in [0.29, 0.717) is 11.5 Å². The molecule has 3 nitrogen and oxygen atoms in total. The fraction of sp³-hybridized carbons (Fsp3) is 0.100. The first-order chi connectivity index (χ1) is 6.27. The van der Waals surface area contributed by atoms with Gasteiger partial charge in [-0.1, -0.05) is 12.1 Å². The molecule has 66 valence electrons. The molecule has 0 fully saturated rings. The van der Waals surface area contributed by atoms with Crippen molar-refractivity contribution in [2.75, 3.05) is 7.11 Å². The van der Waals surface area contributed by atoms with E-state index in [1.165, 1.54) is 7.11 Å². The van der Waals surface area contributed by atoms with Crippen LogP contribution in [0, 0.1) is 12.3 Å². The van der Waals surface area contributed by atoms with Crippen molar-refractivity contribution in [3.8, 4) is 23.8 Å². The summed E-state index contributed by atoms with van der Waals surface area (Å²) in [6.45, 7) is 0. The number of carbonyl (C=O) groups excluding carboxylic acids is 1. The number of hydrogen-bond donors (Lipinski definition) is 0. The van der Waals surface area contributed by atoms with Crippen molar-refractivity contribution >= 4 is 5.97 Å². The van der Waals surface area contributed by atoms with Crippen molar-refractivity contribution in [3.63, 3.8) is 0 Å². The van der Waals surface area contributed by atoms with Crippen LogP contribution in [0.3, 0.4) is 0 Å². The molecule has 0 aliphatic rings. The molecule has 0 bridgehead atoms.